The van der Waals surface area contributed by atoms with Gasteiger partial charge in [-0.3, -0.25) is 9.69 Å². The Morgan fingerprint density at radius 1 is 1.00 bits per heavy atom. The maximum Gasteiger partial charge on any atom is 0.236 e. The minimum atomic E-state index is 0.0970. The molecule has 0 fully saturated rings. The molecule has 0 unspecified atom stereocenters. The van der Waals surface area contributed by atoms with Gasteiger partial charge >= 0.3 is 0 Å². The van der Waals surface area contributed by atoms with Crippen LogP contribution in [0, 0.1) is 11.8 Å². The van der Waals surface area contributed by atoms with Crippen molar-refractivity contribution in [1.82, 2.24) is 9.80 Å². The molecule has 1 N–H and O–H groups in total. The number of aliphatic hydroxyl groups excluding tert-OH is 1. The molecule has 0 saturated carbocycles. The van der Waals surface area contributed by atoms with Crippen molar-refractivity contribution < 1.29 is 9.90 Å². The second kappa shape index (κ2) is 9.32. The minimum absolute atomic E-state index is 0.0970. The van der Waals surface area contributed by atoms with Crippen LogP contribution in [0.1, 0.15) is 41.5 Å². The van der Waals surface area contributed by atoms with Gasteiger partial charge in [-0.1, -0.05) is 27.7 Å². The quantitative estimate of drug-likeness (QED) is 0.696. The Morgan fingerprint density at radius 2 is 1.47 bits per heavy atom. The van der Waals surface area contributed by atoms with Crippen LogP contribution in [-0.4, -0.2) is 59.6 Å². The van der Waals surface area contributed by atoms with Gasteiger partial charge in [0.15, 0.2) is 0 Å². The van der Waals surface area contributed by atoms with Crippen molar-refractivity contribution in [2.45, 2.75) is 47.6 Å². The molecule has 0 atom stereocenters. The Bertz CT molecular complexity index is 243. The van der Waals surface area contributed by atoms with E-state index in [0.717, 1.165) is 13.1 Å². The van der Waals surface area contributed by atoms with Crippen LogP contribution in [0.3, 0.4) is 0 Å². The molecule has 0 rings (SSSR count). The highest BCUT2D eigenvalue weighted by molar-refractivity contribution is 5.78. The van der Waals surface area contributed by atoms with Gasteiger partial charge in [-0.2, -0.15) is 0 Å². The molecule has 0 aliphatic rings. The summed E-state index contributed by atoms with van der Waals surface area (Å²) in [6.45, 7) is 15.3. The van der Waals surface area contributed by atoms with Crippen LogP contribution in [-0.2, 0) is 4.79 Å². The van der Waals surface area contributed by atoms with Crippen LogP contribution >= 0.6 is 0 Å². The van der Waals surface area contributed by atoms with E-state index in [2.05, 4.69) is 41.5 Å². The van der Waals surface area contributed by atoms with Crippen molar-refractivity contribution in [3.63, 3.8) is 0 Å². The largest absolute Gasteiger partial charge is 0.395 e. The third kappa shape index (κ3) is 8.22. The maximum absolute atomic E-state index is 12.4. The molecule has 0 bridgehead atoms. The summed E-state index contributed by atoms with van der Waals surface area (Å²) in [4.78, 5) is 16.4. The molecule has 0 radical (unpaired) electrons. The summed E-state index contributed by atoms with van der Waals surface area (Å²) < 4.78 is 0. The summed E-state index contributed by atoms with van der Waals surface area (Å²) in [5, 5.41) is 9.06. The molecule has 0 aliphatic heterocycles. The molecule has 0 saturated heterocycles. The molecule has 0 aliphatic carbocycles. The molecule has 4 nitrogen and oxygen atoms in total. The number of hydrogen-bond donors (Lipinski definition) is 1. The first-order chi connectivity index (χ1) is 8.77. The Kier molecular flexibility index (Phi) is 9.02. The molecular weight excluding hydrogens is 240 g/mol. The monoisotopic (exact) mass is 272 g/mol. The van der Waals surface area contributed by atoms with Crippen molar-refractivity contribution in [1.29, 1.82) is 0 Å². The molecule has 114 valence electrons. The Balaban J connectivity index is 4.59. The SMILES string of the molecule is CC(C)CN(CC(C)C)C(=O)CN(CCO)C(C)C. The third-order valence-electron chi connectivity index (χ3n) is 2.98. The number of aliphatic hydroxyl groups is 1. The van der Waals surface area contributed by atoms with Crippen LogP contribution in [0.4, 0.5) is 0 Å². The highest BCUT2D eigenvalue weighted by atomic mass is 16.3. The van der Waals surface area contributed by atoms with Crippen molar-refractivity contribution >= 4 is 5.91 Å². The number of carbonyl (C=O) groups excluding carboxylic acids is 1. The molecule has 4 heteroatoms. The topological polar surface area (TPSA) is 43.8 Å². The predicted molar refractivity (Wildman–Crippen MR) is 80.1 cm³/mol. The van der Waals surface area contributed by atoms with Gasteiger partial charge in [0.25, 0.3) is 0 Å². The average Bonchev–Trinajstić information content (AvgIpc) is 2.25. The molecule has 1 amide bonds. The Labute approximate surface area is 118 Å². The van der Waals surface area contributed by atoms with Gasteiger partial charge in [-0.05, 0) is 25.7 Å². The molecule has 0 spiro atoms. The van der Waals surface area contributed by atoms with Crippen molar-refractivity contribution in [2.24, 2.45) is 11.8 Å². The molecular formula is C15H32N2O2. The fraction of sp³-hybridized carbons (Fsp3) is 0.933. The van der Waals surface area contributed by atoms with Crippen molar-refractivity contribution in [3.8, 4) is 0 Å². The Hall–Kier alpha value is -0.610. The third-order valence-corrected chi connectivity index (χ3v) is 2.98. The van der Waals surface area contributed by atoms with Gasteiger partial charge in [0, 0.05) is 25.7 Å². The van der Waals surface area contributed by atoms with Gasteiger partial charge in [0.1, 0.15) is 0 Å². The molecule has 0 aromatic carbocycles. The predicted octanol–water partition coefficient (Wildman–Crippen LogP) is 1.83. The van der Waals surface area contributed by atoms with Crippen molar-refractivity contribution in [3.05, 3.63) is 0 Å². The van der Waals surface area contributed by atoms with Gasteiger partial charge in [0.05, 0.1) is 13.2 Å². The Morgan fingerprint density at radius 3 is 1.79 bits per heavy atom. The summed E-state index contributed by atoms with van der Waals surface area (Å²) in [5.41, 5.74) is 0. The van der Waals surface area contributed by atoms with E-state index in [4.69, 9.17) is 5.11 Å². The zero-order chi connectivity index (χ0) is 15.0. The van der Waals surface area contributed by atoms with E-state index in [0.29, 0.717) is 24.9 Å². The summed E-state index contributed by atoms with van der Waals surface area (Å²) in [5.74, 6) is 1.13. The highest BCUT2D eigenvalue weighted by Crippen LogP contribution is 2.06. The van der Waals surface area contributed by atoms with Gasteiger partial charge < -0.3 is 10.0 Å². The van der Waals surface area contributed by atoms with E-state index < -0.39 is 0 Å². The van der Waals surface area contributed by atoms with Crippen LogP contribution in [0.25, 0.3) is 0 Å². The van der Waals surface area contributed by atoms with Crippen molar-refractivity contribution in [2.75, 3.05) is 32.8 Å². The van der Waals surface area contributed by atoms with E-state index >= 15 is 0 Å². The zero-order valence-corrected chi connectivity index (χ0v) is 13.5. The smallest absolute Gasteiger partial charge is 0.236 e. The van der Waals surface area contributed by atoms with E-state index in [-0.39, 0.29) is 18.6 Å². The summed E-state index contributed by atoms with van der Waals surface area (Å²) >= 11 is 0. The van der Waals surface area contributed by atoms with E-state index in [9.17, 15) is 4.79 Å². The second-order valence-electron chi connectivity index (χ2n) is 6.37. The first-order valence-corrected chi connectivity index (χ1v) is 7.40. The number of rotatable bonds is 9. The van der Waals surface area contributed by atoms with Gasteiger partial charge in [0.2, 0.25) is 5.91 Å². The average molecular weight is 272 g/mol. The fourth-order valence-corrected chi connectivity index (χ4v) is 2.08. The molecule has 0 aromatic rings. The zero-order valence-electron chi connectivity index (χ0n) is 13.5. The number of hydrogen-bond acceptors (Lipinski definition) is 3. The normalized spacial score (nSPS) is 11.9. The minimum Gasteiger partial charge on any atom is -0.395 e. The van der Waals surface area contributed by atoms with E-state index in [1.54, 1.807) is 0 Å². The number of carbonyl (C=O) groups is 1. The summed E-state index contributed by atoms with van der Waals surface area (Å²) in [6, 6.07) is 0.274. The standard InChI is InChI=1S/C15H32N2O2/c1-12(2)9-17(10-13(3)4)15(19)11-16(7-8-18)14(5)6/h12-14,18H,7-11H2,1-6H3. The van der Waals surface area contributed by atoms with Gasteiger partial charge in [-0.25, -0.2) is 0 Å². The van der Waals surface area contributed by atoms with Crippen LogP contribution in [0.2, 0.25) is 0 Å². The lowest BCUT2D eigenvalue weighted by Crippen LogP contribution is -2.46. The lowest BCUT2D eigenvalue weighted by atomic mass is 10.1. The molecule has 0 aromatic heterocycles. The van der Waals surface area contributed by atoms with Gasteiger partial charge in [-0.15, -0.1) is 0 Å². The van der Waals surface area contributed by atoms with E-state index in [1.165, 1.54) is 0 Å². The summed E-state index contributed by atoms with van der Waals surface area (Å²) in [6.07, 6.45) is 0. The lowest BCUT2D eigenvalue weighted by molar-refractivity contribution is -0.134. The highest BCUT2D eigenvalue weighted by Gasteiger charge is 2.20. The first kappa shape index (κ1) is 18.4. The fourth-order valence-electron chi connectivity index (χ4n) is 2.08. The van der Waals surface area contributed by atoms with Crippen LogP contribution in [0.15, 0.2) is 0 Å². The lowest BCUT2D eigenvalue weighted by Gasteiger charge is -2.31. The number of nitrogens with zero attached hydrogens (tertiary/aromatic N) is 2. The first-order valence-electron chi connectivity index (χ1n) is 7.40. The van der Waals surface area contributed by atoms with E-state index in [1.807, 2.05) is 9.80 Å². The second-order valence-corrected chi connectivity index (χ2v) is 6.37. The maximum atomic E-state index is 12.4. The number of amides is 1. The van der Waals surface area contributed by atoms with Crippen LogP contribution < -0.4 is 0 Å². The molecule has 0 heterocycles. The molecule has 19 heavy (non-hydrogen) atoms. The summed E-state index contributed by atoms with van der Waals surface area (Å²) in [7, 11) is 0. The van der Waals surface area contributed by atoms with Crippen LogP contribution in [0.5, 0.6) is 0 Å².